The van der Waals surface area contributed by atoms with Crippen LogP contribution in [0.1, 0.15) is 48.3 Å². The number of hydrogen-bond acceptors (Lipinski definition) is 4. The number of carbonyl (C=O) groups is 2. The minimum absolute atomic E-state index is 0.0218. The molecule has 0 aliphatic rings. The van der Waals surface area contributed by atoms with Crippen LogP contribution >= 0.6 is 0 Å². The molecule has 1 N–H and O–H groups in total. The minimum Gasteiger partial charge on any atom is -0.508 e. The molecule has 0 fully saturated rings. The van der Waals surface area contributed by atoms with Crippen LogP contribution in [0.15, 0.2) is 42.5 Å². The van der Waals surface area contributed by atoms with E-state index in [1.807, 2.05) is 0 Å². The maximum absolute atomic E-state index is 13.6. The van der Waals surface area contributed by atoms with Crippen LogP contribution in [0.5, 0.6) is 5.75 Å². The number of fused-ring (bicyclic) bond motifs is 1. The van der Waals surface area contributed by atoms with Crippen LogP contribution in [0, 0.1) is 12.7 Å². The van der Waals surface area contributed by atoms with Gasteiger partial charge in [0.25, 0.3) is 5.91 Å². The Morgan fingerprint density at radius 3 is 2.46 bits per heavy atom. The quantitative estimate of drug-likeness (QED) is 0.672. The summed E-state index contributed by atoms with van der Waals surface area (Å²) in [6.07, 6.45) is -0.272. The molecular weight excluding hydrogens is 361 g/mol. The Labute approximate surface area is 162 Å². The lowest BCUT2D eigenvalue weighted by Crippen LogP contribution is -2.19. The van der Waals surface area contributed by atoms with E-state index in [1.165, 1.54) is 41.0 Å². The van der Waals surface area contributed by atoms with Gasteiger partial charge in [0, 0.05) is 16.6 Å². The van der Waals surface area contributed by atoms with Crippen molar-refractivity contribution < 1.29 is 23.8 Å². The largest absolute Gasteiger partial charge is 0.508 e. The summed E-state index contributed by atoms with van der Waals surface area (Å²) in [7, 11) is 0. The topological polar surface area (TPSA) is 68.5 Å². The number of nitrogens with zero attached hydrogens (tertiary/aromatic N) is 1. The standard InChI is InChI=1S/C22H22FNO4/c1-12(2)28-22(27)13(3)20-14(4)24(19-9-8-17(25)11-18(19)20)21(26)15-6-5-7-16(23)10-15/h5-13,25H,1-4H3/t13-/m0/s1. The van der Waals surface area contributed by atoms with Crippen molar-refractivity contribution in [1.82, 2.24) is 4.57 Å². The number of aromatic nitrogens is 1. The van der Waals surface area contributed by atoms with Crippen molar-refractivity contribution in [1.29, 1.82) is 0 Å². The molecule has 0 amide bonds. The average Bonchev–Trinajstić information content (AvgIpc) is 2.90. The molecule has 5 nitrogen and oxygen atoms in total. The zero-order valence-electron chi connectivity index (χ0n) is 16.2. The van der Waals surface area contributed by atoms with Gasteiger partial charge >= 0.3 is 5.97 Å². The summed E-state index contributed by atoms with van der Waals surface area (Å²) in [6, 6.07) is 10.0. The molecule has 1 aromatic heterocycles. The zero-order valence-corrected chi connectivity index (χ0v) is 16.2. The molecule has 146 valence electrons. The highest BCUT2D eigenvalue weighted by molar-refractivity contribution is 6.05. The molecule has 0 aliphatic carbocycles. The van der Waals surface area contributed by atoms with Crippen LogP contribution in [0.25, 0.3) is 10.9 Å². The average molecular weight is 383 g/mol. The number of rotatable bonds is 4. The summed E-state index contributed by atoms with van der Waals surface area (Å²) in [5.41, 5.74) is 1.87. The molecule has 0 radical (unpaired) electrons. The van der Waals surface area contributed by atoms with Crippen LogP contribution in [-0.2, 0) is 9.53 Å². The van der Waals surface area contributed by atoms with Gasteiger partial charge in [-0.1, -0.05) is 6.07 Å². The van der Waals surface area contributed by atoms with Gasteiger partial charge in [-0.3, -0.25) is 14.2 Å². The maximum atomic E-state index is 13.6. The molecule has 0 aliphatic heterocycles. The third-order valence-electron chi connectivity index (χ3n) is 4.65. The summed E-state index contributed by atoms with van der Waals surface area (Å²) in [5, 5.41) is 10.5. The molecule has 1 atom stereocenters. The number of esters is 1. The fourth-order valence-electron chi connectivity index (χ4n) is 3.44. The number of ether oxygens (including phenoxy) is 1. The number of phenols is 1. The van der Waals surface area contributed by atoms with E-state index < -0.39 is 23.6 Å². The third-order valence-corrected chi connectivity index (χ3v) is 4.65. The van der Waals surface area contributed by atoms with Crippen molar-refractivity contribution >= 4 is 22.8 Å². The molecule has 0 bridgehead atoms. The monoisotopic (exact) mass is 383 g/mol. The summed E-state index contributed by atoms with van der Waals surface area (Å²) in [4.78, 5) is 25.6. The fraction of sp³-hybridized carbons (Fsp3) is 0.273. The van der Waals surface area contributed by atoms with Gasteiger partial charge in [-0.2, -0.15) is 0 Å². The normalized spacial score (nSPS) is 12.4. The maximum Gasteiger partial charge on any atom is 0.313 e. The van der Waals surface area contributed by atoms with Crippen LogP contribution in [0.4, 0.5) is 4.39 Å². The molecule has 0 saturated carbocycles. The van der Waals surface area contributed by atoms with Crippen molar-refractivity contribution in [3.63, 3.8) is 0 Å². The minimum atomic E-state index is -0.645. The van der Waals surface area contributed by atoms with Crippen molar-refractivity contribution in [2.45, 2.75) is 39.7 Å². The van der Waals surface area contributed by atoms with Crippen LogP contribution in [0.2, 0.25) is 0 Å². The molecular formula is C22H22FNO4. The predicted molar refractivity (Wildman–Crippen MR) is 104 cm³/mol. The Morgan fingerprint density at radius 2 is 1.82 bits per heavy atom. The molecule has 0 spiro atoms. The SMILES string of the molecule is Cc1c([C@H](C)C(=O)OC(C)C)c2cc(O)ccc2n1C(=O)c1cccc(F)c1. The highest BCUT2D eigenvalue weighted by Crippen LogP contribution is 2.35. The summed E-state index contributed by atoms with van der Waals surface area (Å²) in [5.74, 6) is -1.96. The molecule has 3 rings (SSSR count). The number of carbonyl (C=O) groups excluding carboxylic acids is 2. The Hall–Kier alpha value is -3.15. The summed E-state index contributed by atoms with van der Waals surface area (Å²) in [6.45, 7) is 6.95. The molecule has 28 heavy (non-hydrogen) atoms. The number of benzene rings is 2. The van der Waals surface area contributed by atoms with Gasteiger partial charge in [0.05, 0.1) is 17.5 Å². The lowest BCUT2D eigenvalue weighted by atomic mass is 9.98. The van der Waals surface area contributed by atoms with Gasteiger partial charge in [0.2, 0.25) is 0 Å². The number of hydrogen-bond donors (Lipinski definition) is 1. The number of phenolic OH excluding ortho intramolecular Hbond substituents is 1. The van der Waals surface area contributed by atoms with E-state index in [-0.39, 0.29) is 17.4 Å². The lowest BCUT2D eigenvalue weighted by Gasteiger charge is -2.15. The van der Waals surface area contributed by atoms with E-state index in [0.29, 0.717) is 22.2 Å². The van der Waals surface area contributed by atoms with Crippen molar-refractivity contribution in [3.8, 4) is 5.75 Å². The molecule has 2 aromatic carbocycles. The second-order valence-corrected chi connectivity index (χ2v) is 7.06. The zero-order chi connectivity index (χ0) is 20.6. The first-order chi connectivity index (χ1) is 13.2. The summed E-state index contributed by atoms with van der Waals surface area (Å²) < 4.78 is 20.4. The van der Waals surface area contributed by atoms with E-state index in [9.17, 15) is 19.1 Å². The first kappa shape index (κ1) is 19.6. The van der Waals surface area contributed by atoms with Crippen LogP contribution < -0.4 is 0 Å². The Morgan fingerprint density at radius 1 is 1.11 bits per heavy atom. The van der Waals surface area contributed by atoms with E-state index in [4.69, 9.17) is 4.74 Å². The molecule has 1 heterocycles. The first-order valence-electron chi connectivity index (χ1n) is 9.05. The van der Waals surface area contributed by atoms with Gasteiger partial charge in [-0.25, -0.2) is 4.39 Å². The highest BCUT2D eigenvalue weighted by atomic mass is 19.1. The highest BCUT2D eigenvalue weighted by Gasteiger charge is 2.28. The van der Waals surface area contributed by atoms with Crippen molar-refractivity contribution in [2.24, 2.45) is 0 Å². The smallest absolute Gasteiger partial charge is 0.313 e. The van der Waals surface area contributed by atoms with Gasteiger partial charge in [-0.05, 0) is 69.7 Å². The molecule has 0 saturated heterocycles. The third kappa shape index (κ3) is 3.50. The second kappa shape index (κ2) is 7.46. The first-order valence-corrected chi connectivity index (χ1v) is 9.05. The van der Waals surface area contributed by atoms with E-state index in [0.717, 1.165) is 0 Å². The van der Waals surface area contributed by atoms with Gasteiger partial charge in [-0.15, -0.1) is 0 Å². The molecule has 6 heteroatoms. The summed E-state index contributed by atoms with van der Waals surface area (Å²) >= 11 is 0. The predicted octanol–water partition coefficient (Wildman–Crippen LogP) is 4.54. The molecule has 0 unspecified atom stereocenters. The van der Waals surface area contributed by atoms with Gasteiger partial charge in [0.15, 0.2) is 0 Å². The van der Waals surface area contributed by atoms with E-state index >= 15 is 0 Å². The lowest BCUT2D eigenvalue weighted by molar-refractivity contribution is -0.148. The second-order valence-electron chi connectivity index (χ2n) is 7.06. The Bertz CT molecular complexity index is 1070. The molecule has 3 aromatic rings. The fourth-order valence-corrected chi connectivity index (χ4v) is 3.44. The van der Waals surface area contributed by atoms with Crippen molar-refractivity contribution in [2.75, 3.05) is 0 Å². The number of aromatic hydroxyl groups is 1. The van der Waals surface area contributed by atoms with Gasteiger partial charge in [0.1, 0.15) is 11.6 Å². The Balaban J connectivity index is 2.21. The van der Waals surface area contributed by atoms with Gasteiger partial charge < -0.3 is 9.84 Å². The van der Waals surface area contributed by atoms with Crippen molar-refractivity contribution in [3.05, 3.63) is 65.1 Å². The van der Waals surface area contributed by atoms with Crippen LogP contribution in [-0.4, -0.2) is 27.7 Å². The Kier molecular flexibility index (Phi) is 5.23. The van der Waals surface area contributed by atoms with E-state index in [2.05, 4.69) is 0 Å². The van der Waals surface area contributed by atoms with Crippen LogP contribution in [0.3, 0.4) is 0 Å². The number of halogens is 1. The van der Waals surface area contributed by atoms with E-state index in [1.54, 1.807) is 33.8 Å².